The number of ether oxygens (including phenoxy) is 2. The molecular weight excluding hydrogens is 534 g/mol. The molecule has 230 valence electrons. The molecular formula is C33H47N3O6. The number of carbonyl (C=O) groups is 3. The third kappa shape index (κ3) is 5.61. The van der Waals surface area contributed by atoms with Gasteiger partial charge >= 0.3 is 0 Å². The summed E-state index contributed by atoms with van der Waals surface area (Å²) in [7, 11) is 0. The minimum absolute atomic E-state index is 0.00256. The highest BCUT2D eigenvalue weighted by atomic mass is 16.5. The van der Waals surface area contributed by atoms with E-state index in [0.717, 1.165) is 12.8 Å². The van der Waals surface area contributed by atoms with Gasteiger partial charge < -0.3 is 29.3 Å². The van der Waals surface area contributed by atoms with E-state index in [-0.39, 0.29) is 30.9 Å². The average molecular weight is 582 g/mol. The van der Waals surface area contributed by atoms with Gasteiger partial charge in [0.1, 0.15) is 17.4 Å². The molecule has 1 spiro atoms. The van der Waals surface area contributed by atoms with Gasteiger partial charge in [0, 0.05) is 38.5 Å². The maximum atomic E-state index is 14.5. The Morgan fingerprint density at radius 2 is 1.81 bits per heavy atom. The molecule has 0 saturated carbocycles. The molecule has 3 amide bonds. The number of nitrogens with zero attached hydrogens (tertiary/aromatic N) is 3. The fourth-order valence-corrected chi connectivity index (χ4v) is 7.19. The van der Waals surface area contributed by atoms with Crippen LogP contribution in [0.15, 0.2) is 49.6 Å². The first-order valence-electron chi connectivity index (χ1n) is 15.4. The van der Waals surface area contributed by atoms with Gasteiger partial charge in [0.15, 0.2) is 0 Å². The monoisotopic (exact) mass is 581 g/mol. The fourth-order valence-electron chi connectivity index (χ4n) is 7.19. The smallest absolute Gasteiger partial charge is 0.248 e. The Bertz CT molecular complexity index is 1150. The van der Waals surface area contributed by atoms with E-state index < -0.39 is 29.1 Å². The molecule has 0 radical (unpaired) electrons. The summed E-state index contributed by atoms with van der Waals surface area (Å²) < 4.78 is 12.4. The molecule has 5 atom stereocenters. The summed E-state index contributed by atoms with van der Waals surface area (Å²) >= 11 is 0. The van der Waals surface area contributed by atoms with E-state index >= 15 is 0 Å². The Morgan fingerprint density at radius 1 is 1.10 bits per heavy atom. The van der Waals surface area contributed by atoms with E-state index in [1.807, 2.05) is 38.1 Å². The Kier molecular flexibility index (Phi) is 10.1. The molecule has 0 aliphatic carbocycles. The largest absolute Gasteiger partial charge is 0.494 e. The van der Waals surface area contributed by atoms with E-state index in [0.29, 0.717) is 63.4 Å². The molecule has 4 rings (SSSR count). The first kappa shape index (κ1) is 31.8. The summed E-state index contributed by atoms with van der Waals surface area (Å²) in [6, 6.07) is 6.49. The lowest BCUT2D eigenvalue weighted by Gasteiger charge is -2.37. The van der Waals surface area contributed by atoms with Crippen LogP contribution in [0.2, 0.25) is 0 Å². The number of anilines is 1. The Morgan fingerprint density at radius 3 is 2.43 bits per heavy atom. The van der Waals surface area contributed by atoms with Gasteiger partial charge in [0.25, 0.3) is 0 Å². The van der Waals surface area contributed by atoms with Gasteiger partial charge in [-0.2, -0.15) is 0 Å². The average Bonchev–Trinajstić information content (AvgIpc) is 3.55. The molecule has 1 aromatic carbocycles. The number of hydrogen-bond acceptors (Lipinski definition) is 6. The third-order valence-corrected chi connectivity index (χ3v) is 9.06. The van der Waals surface area contributed by atoms with Crippen molar-refractivity contribution in [2.24, 2.45) is 11.8 Å². The standard InChI is InChI=1S/C33H47N3O6/c1-6-10-21-34(19-7-2)31(40)28-33-18-17-32(5,42-33)26(27(33)30(39)36(28)22-11-12-23-37)29(38)35(20-8-3)24-13-15-25(16-14-24)41-9-4/h7-8,13-16,26-28,37H,2-3,6,9-12,17-23H2,1,4-5H3/t26-,27-,28?,32+,33?/m0/s1. The minimum Gasteiger partial charge on any atom is -0.494 e. The van der Waals surface area contributed by atoms with Gasteiger partial charge in [-0.05, 0) is 70.2 Å². The van der Waals surface area contributed by atoms with Crippen molar-refractivity contribution in [1.29, 1.82) is 0 Å². The van der Waals surface area contributed by atoms with Crippen molar-refractivity contribution >= 4 is 23.4 Å². The zero-order valence-corrected chi connectivity index (χ0v) is 25.4. The predicted molar refractivity (Wildman–Crippen MR) is 162 cm³/mol. The maximum Gasteiger partial charge on any atom is 0.248 e. The molecule has 2 bridgehead atoms. The summed E-state index contributed by atoms with van der Waals surface area (Å²) in [6.07, 6.45) is 7.30. The van der Waals surface area contributed by atoms with Gasteiger partial charge in [-0.3, -0.25) is 14.4 Å². The Labute approximate surface area is 250 Å². The molecule has 1 aromatic rings. The number of benzene rings is 1. The molecule has 3 aliphatic heterocycles. The number of hydrogen-bond donors (Lipinski definition) is 1. The van der Waals surface area contributed by atoms with E-state index in [4.69, 9.17) is 9.47 Å². The normalized spacial score (nSPS) is 27.6. The molecule has 0 aromatic heterocycles. The van der Waals surface area contributed by atoms with Crippen molar-refractivity contribution in [3.63, 3.8) is 0 Å². The van der Waals surface area contributed by atoms with E-state index in [1.54, 1.807) is 26.9 Å². The number of carbonyl (C=O) groups excluding carboxylic acids is 3. The molecule has 42 heavy (non-hydrogen) atoms. The maximum absolute atomic E-state index is 14.5. The SMILES string of the molecule is C=CCN(CCCC)C(=O)C1N(CCCCO)C(=O)[C@@H]2[C@@H](C(=O)N(CC=C)c3ccc(OCC)cc3)[C@@]3(C)CCC12O3. The van der Waals surface area contributed by atoms with Crippen LogP contribution >= 0.6 is 0 Å². The lowest BCUT2D eigenvalue weighted by Crippen LogP contribution is -2.56. The second-order valence-corrected chi connectivity index (χ2v) is 11.8. The minimum atomic E-state index is -1.09. The fraction of sp³-hybridized carbons (Fsp3) is 0.606. The highest BCUT2D eigenvalue weighted by Crippen LogP contribution is 2.63. The lowest BCUT2D eigenvalue weighted by atomic mass is 9.66. The summed E-state index contributed by atoms with van der Waals surface area (Å²) in [5, 5.41) is 9.44. The van der Waals surface area contributed by atoms with Crippen molar-refractivity contribution < 1.29 is 29.0 Å². The van der Waals surface area contributed by atoms with Crippen LogP contribution in [0, 0.1) is 11.8 Å². The van der Waals surface area contributed by atoms with Crippen LogP contribution < -0.4 is 9.64 Å². The number of amides is 3. The zero-order valence-electron chi connectivity index (χ0n) is 25.4. The van der Waals surface area contributed by atoms with Crippen molar-refractivity contribution in [3.8, 4) is 5.75 Å². The van der Waals surface area contributed by atoms with E-state index in [1.165, 1.54) is 0 Å². The molecule has 2 unspecified atom stereocenters. The van der Waals surface area contributed by atoms with Crippen molar-refractivity contribution in [3.05, 3.63) is 49.6 Å². The van der Waals surface area contributed by atoms with Crippen molar-refractivity contribution in [2.45, 2.75) is 76.5 Å². The zero-order chi connectivity index (χ0) is 30.5. The highest BCUT2D eigenvalue weighted by molar-refractivity contribution is 6.03. The quantitative estimate of drug-likeness (QED) is 0.234. The van der Waals surface area contributed by atoms with Crippen LogP contribution in [0.4, 0.5) is 5.69 Å². The molecule has 3 heterocycles. The van der Waals surface area contributed by atoms with E-state index in [9.17, 15) is 19.5 Å². The molecule has 3 aliphatic rings. The second-order valence-electron chi connectivity index (χ2n) is 11.8. The Hall–Kier alpha value is -3.17. The summed E-state index contributed by atoms with van der Waals surface area (Å²) in [4.78, 5) is 48.2. The van der Waals surface area contributed by atoms with Crippen LogP contribution in [0.5, 0.6) is 5.75 Å². The van der Waals surface area contributed by atoms with Gasteiger partial charge in [-0.15, -0.1) is 13.2 Å². The van der Waals surface area contributed by atoms with Crippen LogP contribution in [0.3, 0.4) is 0 Å². The molecule has 3 saturated heterocycles. The summed E-state index contributed by atoms with van der Waals surface area (Å²) in [5.74, 6) is -1.41. The van der Waals surface area contributed by atoms with Gasteiger partial charge in [-0.25, -0.2) is 0 Å². The van der Waals surface area contributed by atoms with Crippen molar-refractivity contribution in [1.82, 2.24) is 9.80 Å². The predicted octanol–water partition coefficient (Wildman–Crippen LogP) is 3.96. The summed E-state index contributed by atoms with van der Waals surface area (Å²) in [5.41, 5.74) is -1.30. The molecule has 9 heteroatoms. The number of likely N-dealkylation sites (tertiary alicyclic amines) is 1. The van der Waals surface area contributed by atoms with Crippen molar-refractivity contribution in [2.75, 3.05) is 44.3 Å². The number of unbranched alkanes of at least 4 members (excludes halogenated alkanes) is 2. The third-order valence-electron chi connectivity index (χ3n) is 9.06. The van der Waals surface area contributed by atoms with Gasteiger partial charge in [-0.1, -0.05) is 25.5 Å². The number of aliphatic hydroxyl groups excluding tert-OH is 1. The van der Waals surface area contributed by atoms with Crippen LogP contribution in [-0.4, -0.2) is 89.3 Å². The summed E-state index contributed by atoms with van der Waals surface area (Å²) in [6.45, 7) is 15.7. The van der Waals surface area contributed by atoms with Crippen LogP contribution in [-0.2, 0) is 19.1 Å². The molecule has 3 fully saturated rings. The van der Waals surface area contributed by atoms with Gasteiger partial charge in [0.2, 0.25) is 17.7 Å². The van der Waals surface area contributed by atoms with E-state index in [2.05, 4.69) is 20.1 Å². The molecule has 9 nitrogen and oxygen atoms in total. The molecule has 1 N–H and O–H groups in total. The number of rotatable bonds is 16. The van der Waals surface area contributed by atoms with Crippen LogP contribution in [0.1, 0.15) is 59.3 Å². The first-order valence-corrected chi connectivity index (χ1v) is 15.4. The highest BCUT2D eigenvalue weighted by Gasteiger charge is 2.78. The first-order chi connectivity index (χ1) is 20.2. The topological polar surface area (TPSA) is 99.6 Å². The number of fused-ring (bicyclic) bond motifs is 1. The van der Waals surface area contributed by atoms with Crippen LogP contribution in [0.25, 0.3) is 0 Å². The second kappa shape index (κ2) is 13.4. The lowest BCUT2D eigenvalue weighted by molar-refractivity contribution is -0.151. The number of aliphatic hydroxyl groups is 1. The Balaban J connectivity index is 1.74. The van der Waals surface area contributed by atoms with Gasteiger partial charge in [0.05, 0.1) is 24.0 Å².